The average molecular weight is 374 g/mol. The summed E-state index contributed by atoms with van der Waals surface area (Å²) in [6, 6.07) is 14.4. The minimum atomic E-state index is -0.906. The Balaban J connectivity index is 1.82. The van der Waals surface area contributed by atoms with Gasteiger partial charge in [0.2, 0.25) is 0 Å². The van der Waals surface area contributed by atoms with Crippen molar-refractivity contribution >= 4 is 29.6 Å². The quantitative estimate of drug-likeness (QED) is 0.594. The predicted molar refractivity (Wildman–Crippen MR) is 101 cm³/mol. The molecule has 0 aliphatic carbocycles. The highest BCUT2D eigenvalue weighted by Gasteiger charge is 2.16. The van der Waals surface area contributed by atoms with E-state index in [4.69, 9.17) is 21.1 Å². The van der Waals surface area contributed by atoms with Crippen LogP contribution in [0.25, 0.3) is 6.08 Å². The van der Waals surface area contributed by atoms with E-state index in [-0.39, 0.29) is 5.91 Å². The lowest BCUT2D eigenvalue weighted by Crippen LogP contribution is -2.35. The zero-order valence-electron chi connectivity index (χ0n) is 14.6. The molecule has 0 fully saturated rings. The van der Waals surface area contributed by atoms with Crippen LogP contribution in [0.1, 0.15) is 18.1 Å². The van der Waals surface area contributed by atoms with Crippen molar-refractivity contribution in [2.24, 2.45) is 0 Å². The molecule has 0 bridgehead atoms. The van der Waals surface area contributed by atoms with Crippen molar-refractivity contribution in [2.45, 2.75) is 19.6 Å². The van der Waals surface area contributed by atoms with E-state index in [0.29, 0.717) is 17.1 Å². The smallest absolute Gasteiger partial charge is 0.331 e. The van der Waals surface area contributed by atoms with Gasteiger partial charge in [0.25, 0.3) is 5.91 Å². The van der Waals surface area contributed by atoms with Crippen LogP contribution in [-0.2, 0) is 20.9 Å². The third-order valence-electron chi connectivity index (χ3n) is 3.59. The molecule has 0 saturated carbocycles. The van der Waals surface area contributed by atoms with Crippen LogP contribution in [0.3, 0.4) is 0 Å². The van der Waals surface area contributed by atoms with E-state index >= 15 is 0 Å². The molecule has 6 heteroatoms. The summed E-state index contributed by atoms with van der Waals surface area (Å²) in [5.41, 5.74) is 1.61. The molecule has 5 nitrogen and oxygen atoms in total. The Hall–Kier alpha value is -2.79. The summed E-state index contributed by atoms with van der Waals surface area (Å²) in [5, 5.41) is 3.25. The van der Waals surface area contributed by atoms with Gasteiger partial charge >= 0.3 is 5.97 Å². The van der Waals surface area contributed by atoms with Gasteiger partial charge in [0, 0.05) is 17.6 Å². The van der Waals surface area contributed by atoms with Crippen molar-refractivity contribution in [3.8, 4) is 5.75 Å². The first kappa shape index (κ1) is 19.5. The molecule has 2 aromatic carbocycles. The number of methoxy groups -OCH3 is 1. The highest BCUT2D eigenvalue weighted by molar-refractivity contribution is 6.32. The Labute approximate surface area is 157 Å². The number of amides is 1. The number of hydrogen-bond donors (Lipinski definition) is 1. The molecule has 1 amide bonds. The number of carbonyl (C=O) groups is 2. The average Bonchev–Trinajstić information content (AvgIpc) is 2.65. The number of hydrogen-bond acceptors (Lipinski definition) is 4. The first-order valence-electron chi connectivity index (χ1n) is 8.03. The van der Waals surface area contributed by atoms with Crippen molar-refractivity contribution in [1.82, 2.24) is 5.32 Å². The number of benzene rings is 2. The first-order valence-corrected chi connectivity index (χ1v) is 8.41. The maximum absolute atomic E-state index is 12.0. The van der Waals surface area contributed by atoms with E-state index in [9.17, 15) is 9.59 Å². The summed E-state index contributed by atoms with van der Waals surface area (Å²) < 4.78 is 10.2. The maximum Gasteiger partial charge on any atom is 0.331 e. The van der Waals surface area contributed by atoms with Crippen LogP contribution in [0.4, 0.5) is 0 Å². The summed E-state index contributed by atoms with van der Waals surface area (Å²) in [6.45, 7) is 1.85. The molecular weight excluding hydrogens is 354 g/mol. The Kier molecular flexibility index (Phi) is 7.24. The van der Waals surface area contributed by atoms with Gasteiger partial charge in [0.1, 0.15) is 5.75 Å². The first-order chi connectivity index (χ1) is 12.5. The molecule has 0 radical (unpaired) electrons. The van der Waals surface area contributed by atoms with E-state index in [2.05, 4.69) is 5.32 Å². The number of ether oxygens (including phenoxy) is 2. The Morgan fingerprint density at radius 3 is 2.50 bits per heavy atom. The number of rotatable bonds is 7. The van der Waals surface area contributed by atoms with Gasteiger partial charge in [-0.2, -0.15) is 0 Å². The van der Waals surface area contributed by atoms with Gasteiger partial charge in [-0.05, 0) is 42.3 Å². The summed E-state index contributed by atoms with van der Waals surface area (Å²) in [5.74, 6) is -0.245. The van der Waals surface area contributed by atoms with E-state index in [1.165, 1.54) is 13.0 Å². The monoisotopic (exact) mass is 373 g/mol. The van der Waals surface area contributed by atoms with Crippen LogP contribution < -0.4 is 10.1 Å². The Morgan fingerprint density at radius 2 is 1.85 bits per heavy atom. The fourth-order valence-electron chi connectivity index (χ4n) is 2.11. The standard InChI is InChI=1S/C20H20ClNO4/c1-14(20(24)22-13-15-7-10-17(25-2)11-8-15)26-19(23)12-9-16-5-3-4-6-18(16)21/h3-12,14H,13H2,1-2H3,(H,22,24)/b12-9+/t14-/m0/s1. The second-order valence-electron chi connectivity index (χ2n) is 5.50. The Morgan fingerprint density at radius 1 is 1.15 bits per heavy atom. The molecule has 1 N–H and O–H groups in total. The van der Waals surface area contributed by atoms with Crippen molar-refractivity contribution in [1.29, 1.82) is 0 Å². The van der Waals surface area contributed by atoms with E-state index in [0.717, 1.165) is 11.3 Å². The third-order valence-corrected chi connectivity index (χ3v) is 3.94. The van der Waals surface area contributed by atoms with E-state index in [1.807, 2.05) is 30.3 Å². The lowest BCUT2D eigenvalue weighted by Gasteiger charge is -2.12. The largest absolute Gasteiger partial charge is 0.497 e. The van der Waals surface area contributed by atoms with Crippen LogP contribution in [0.5, 0.6) is 5.75 Å². The lowest BCUT2D eigenvalue weighted by molar-refractivity contribution is -0.150. The topological polar surface area (TPSA) is 64.6 Å². The van der Waals surface area contributed by atoms with E-state index in [1.54, 1.807) is 31.4 Å². The van der Waals surface area contributed by atoms with Crippen LogP contribution in [-0.4, -0.2) is 25.1 Å². The van der Waals surface area contributed by atoms with E-state index < -0.39 is 12.1 Å². The van der Waals surface area contributed by atoms with Gasteiger partial charge in [0.05, 0.1) is 7.11 Å². The van der Waals surface area contributed by atoms with Crippen LogP contribution >= 0.6 is 11.6 Å². The summed E-state index contributed by atoms with van der Waals surface area (Å²) >= 11 is 6.01. The number of carbonyl (C=O) groups excluding carboxylic acids is 2. The molecule has 0 aliphatic rings. The number of halogens is 1. The fraction of sp³-hybridized carbons (Fsp3) is 0.200. The molecule has 0 aromatic heterocycles. The van der Waals surface area contributed by atoms with Crippen LogP contribution in [0, 0.1) is 0 Å². The van der Waals surface area contributed by atoms with Gasteiger partial charge in [-0.15, -0.1) is 0 Å². The molecule has 0 aliphatic heterocycles. The molecule has 1 atom stereocenters. The van der Waals surface area contributed by atoms with Crippen molar-refractivity contribution < 1.29 is 19.1 Å². The number of nitrogens with one attached hydrogen (secondary N) is 1. The fourth-order valence-corrected chi connectivity index (χ4v) is 2.31. The van der Waals surface area contributed by atoms with Crippen molar-refractivity contribution in [2.75, 3.05) is 7.11 Å². The van der Waals surface area contributed by atoms with Gasteiger partial charge in [-0.3, -0.25) is 4.79 Å². The van der Waals surface area contributed by atoms with Gasteiger partial charge in [-0.25, -0.2) is 4.79 Å². The second kappa shape index (κ2) is 9.63. The van der Waals surface area contributed by atoms with Gasteiger partial charge < -0.3 is 14.8 Å². The van der Waals surface area contributed by atoms with Crippen LogP contribution in [0.15, 0.2) is 54.6 Å². The molecule has 26 heavy (non-hydrogen) atoms. The molecule has 0 unspecified atom stereocenters. The SMILES string of the molecule is COc1ccc(CNC(=O)[C@H](C)OC(=O)/C=C/c2ccccc2Cl)cc1. The molecule has 0 heterocycles. The normalized spacial score (nSPS) is 11.8. The highest BCUT2D eigenvalue weighted by Crippen LogP contribution is 2.16. The minimum Gasteiger partial charge on any atom is -0.497 e. The molecular formula is C20H20ClNO4. The third kappa shape index (κ3) is 5.93. The molecule has 2 aromatic rings. The summed E-state index contributed by atoms with van der Waals surface area (Å²) in [6.07, 6.45) is 1.89. The van der Waals surface area contributed by atoms with Crippen LogP contribution in [0.2, 0.25) is 5.02 Å². The molecule has 0 spiro atoms. The zero-order valence-corrected chi connectivity index (χ0v) is 15.3. The van der Waals surface area contributed by atoms with Gasteiger partial charge in [0.15, 0.2) is 6.10 Å². The Bertz CT molecular complexity index is 787. The zero-order chi connectivity index (χ0) is 18.9. The van der Waals surface area contributed by atoms with Gasteiger partial charge in [-0.1, -0.05) is 41.9 Å². The predicted octanol–water partition coefficient (Wildman–Crippen LogP) is 3.61. The van der Waals surface area contributed by atoms with Crippen molar-refractivity contribution in [3.05, 3.63) is 70.8 Å². The highest BCUT2D eigenvalue weighted by atomic mass is 35.5. The maximum atomic E-state index is 12.0. The summed E-state index contributed by atoms with van der Waals surface area (Å²) in [4.78, 5) is 23.9. The minimum absolute atomic E-state index is 0.334. The lowest BCUT2D eigenvalue weighted by atomic mass is 10.2. The molecule has 2 rings (SSSR count). The second-order valence-corrected chi connectivity index (χ2v) is 5.91. The number of esters is 1. The summed E-state index contributed by atoms with van der Waals surface area (Å²) in [7, 11) is 1.59. The molecule has 136 valence electrons. The molecule has 0 saturated heterocycles. The van der Waals surface area contributed by atoms with Crippen molar-refractivity contribution in [3.63, 3.8) is 0 Å².